The third-order valence-corrected chi connectivity index (χ3v) is 4.98. The number of nitrogens with one attached hydrogen (secondary N) is 1. The lowest BCUT2D eigenvalue weighted by Crippen LogP contribution is -2.40. The second kappa shape index (κ2) is 6.48. The van der Waals surface area contributed by atoms with Crippen LogP contribution in [0.1, 0.15) is 21.8 Å². The molecule has 0 aliphatic rings. The average molecular weight is 327 g/mol. The molecule has 0 aliphatic carbocycles. The Hall–Kier alpha value is -1.54. The summed E-state index contributed by atoms with van der Waals surface area (Å²) in [4.78, 5) is 24.8. The summed E-state index contributed by atoms with van der Waals surface area (Å²) in [7, 11) is 1.83. The van der Waals surface area contributed by atoms with Crippen LogP contribution in [0.15, 0.2) is 6.07 Å². The van der Waals surface area contributed by atoms with Gasteiger partial charge >= 0.3 is 5.97 Å². The number of thiophene rings is 1. The molecular weight excluding hydrogens is 310 g/mol. The van der Waals surface area contributed by atoms with Crippen LogP contribution in [0.3, 0.4) is 0 Å². The van der Waals surface area contributed by atoms with Gasteiger partial charge in [0.15, 0.2) is 0 Å². The number of carboxylic acids is 1. The number of carboxylic acid groups (broad SMARTS) is 1. The highest BCUT2D eigenvalue weighted by atomic mass is 32.2. The second-order valence-electron chi connectivity index (χ2n) is 4.68. The Morgan fingerprint density at radius 2 is 2.29 bits per heavy atom. The van der Waals surface area contributed by atoms with Crippen molar-refractivity contribution in [3.8, 4) is 0 Å². The van der Waals surface area contributed by atoms with Gasteiger partial charge in [-0.05, 0) is 31.4 Å². The molecule has 0 aliphatic heterocycles. The average Bonchev–Trinajstić information content (AvgIpc) is 2.97. The number of aromatic nitrogens is 2. The van der Waals surface area contributed by atoms with Gasteiger partial charge < -0.3 is 10.4 Å². The SMILES string of the molecule is CSCC[C@@H](NC(=O)c1cc2c(C)nn(C)c2s1)C(=O)O. The minimum absolute atomic E-state index is 0.343. The molecule has 0 saturated carbocycles. The van der Waals surface area contributed by atoms with Crippen LogP contribution in [0.25, 0.3) is 10.2 Å². The summed E-state index contributed by atoms with van der Waals surface area (Å²) in [6.07, 6.45) is 2.32. The fourth-order valence-corrected chi connectivity index (χ4v) is 3.54. The number of fused-ring (bicyclic) bond motifs is 1. The standard InChI is InChI=1S/C13H17N3O3S2/c1-7-8-6-10(21-12(8)16(2)15-7)11(17)14-9(13(18)19)4-5-20-3/h6,9H,4-5H2,1-3H3,(H,14,17)(H,18,19)/t9-/m1/s1. The first kappa shape index (κ1) is 15.8. The third-order valence-electron chi connectivity index (χ3n) is 3.13. The first-order valence-electron chi connectivity index (χ1n) is 6.39. The Kier molecular flexibility index (Phi) is 4.89. The van der Waals surface area contributed by atoms with Gasteiger partial charge in [0.1, 0.15) is 10.9 Å². The van der Waals surface area contributed by atoms with Gasteiger partial charge in [0.2, 0.25) is 0 Å². The Bertz CT molecular complexity index is 643. The van der Waals surface area contributed by atoms with E-state index < -0.39 is 12.0 Å². The van der Waals surface area contributed by atoms with Crippen molar-refractivity contribution in [3.63, 3.8) is 0 Å². The number of carbonyl (C=O) groups excluding carboxylic acids is 1. The van der Waals surface area contributed by atoms with Gasteiger partial charge in [-0.2, -0.15) is 16.9 Å². The number of hydrogen-bond acceptors (Lipinski definition) is 5. The Morgan fingerprint density at radius 1 is 1.57 bits per heavy atom. The highest BCUT2D eigenvalue weighted by Gasteiger charge is 2.22. The zero-order valence-corrected chi connectivity index (χ0v) is 13.7. The number of nitrogens with zero attached hydrogens (tertiary/aromatic N) is 2. The number of hydrogen-bond donors (Lipinski definition) is 2. The Labute approximate surface area is 130 Å². The molecule has 6 nitrogen and oxygen atoms in total. The van der Waals surface area contributed by atoms with Crippen LogP contribution >= 0.6 is 23.1 Å². The number of thioether (sulfide) groups is 1. The Balaban J connectivity index is 2.17. The molecule has 0 aromatic carbocycles. The third kappa shape index (κ3) is 3.38. The number of aliphatic carboxylic acids is 1. The van der Waals surface area contributed by atoms with Crippen molar-refractivity contribution >= 4 is 45.2 Å². The van der Waals surface area contributed by atoms with Gasteiger partial charge in [-0.15, -0.1) is 11.3 Å². The molecule has 0 unspecified atom stereocenters. The summed E-state index contributed by atoms with van der Waals surface area (Å²) in [5.74, 6) is -0.660. The lowest BCUT2D eigenvalue weighted by Gasteiger charge is -2.12. The molecule has 0 fully saturated rings. The molecule has 2 heterocycles. The summed E-state index contributed by atoms with van der Waals surface area (Å²) >= 11 is 2.88. The highest BCUT2D eigenvalue weighted by Crippen LogP contribution is 2.27. The maximum Gasteiger partial charge on any atom is 0.326 e. The molecule has 2 aromatic rings. The van der Waals surface area contributed by atoms with Crippen molar-refractivity contribution in [1.29, 1.82) is 0 Å². The van der Waals surface area contributed by atoms with Crippen LogP contribution in [0.5, 0.6) is 0 Å². The van der Waals surface area contributed by atoms with Crippen LogP contribution in [-0.4, -0.2) is 44.8 Å². The van der Waals surface area contributed by atoms with Gasteiger partial charge in [-0.1, -0.05) is 0 Å². The summed E-state index contributed by atoms with van der Waals surface area (Å²) in [5.41, 5.74) is 0.861. The largest absolute Gasteiger partial charge is 0.480 e. The van der Waals surface area contributed by atoms with Gasteiger partial charge in [-0.3, -0.25) is 9.48 Å². The molecule has 114 valence electrons. The van der Waals surface area contributed by atoms with E-state index in [1.54, 1.807) is 22.5 Å². The van der Waals surface area contributed by atoms with E-state index in [1.165, 1.54) is 11.3 Å². The summed E-state index contributed by atoms with van der Waals surface area (Å²) in [6.45, 7) is 1.88. The topological polar surface area (TPSA) is 84.2 Å². The molecule has 0 radical (unpaired) electrons. The van der Waals surface area contributed by atoms with E-state index in [4.69, 9.17) is 5.11 Å². The van der Waals surface area contributed by atoms with Gasteiger partial charge in [0.05, 0.1) is 10.6 Å². The maximum absolute atomic E-state index is 12.2. The van der Waals surface area contributed by atoms with E-state index in [-0.39, 0.29) is 5.91 Å². The molecular formula is C13H17N3O3S2. The van der Waals surface area contributed by atoms with E-state index >= 15 is 0 Å². The fourth-order valence-electron chi connectivity index (χ4n) is 2.04. The summed E-state index contributed by atoms with van der Waals surface area (Å²) in [5, 5.41) is 16.9. The van der Waals surface area contributed by atoms with E-state index in [1.807, 2.05) is 20.2 Å². The normalized spacial score (nSPS) is 12.5. The molecule has 8 heteroatoms. The van der Waals surface area contributed by atoms with Crippen molar-refractivity contribution in [2.24, 2.45) is 7.05 Å². The smallest absolute Gasteiger partial charge is 0.326 e. The van der Waals surface area contributed by atoms with Crippen LogP contribution < -0.4 is 5.32 Å². The molecule has 21 heavy (non-hydrogen) atoms. The predicted octanol–water partition coefficient (Wildman–Crippen LogP) is 1.88. The van der Waals surface area contributed by atoms with Crippen molar-refractivity contribution in [2.75, 3.05) is 12.0 Å². The molecule has 2 rings (SSSR count). The minimum atomic E-state index is -1.00. The van der Waals surface area contributed by atoms with E-state index in [9.17, 15) is 9.59 Å². The van der Waals surface area contributed by atoms with Crippen molar-refractivity contribution < 1.29 is 14.7 Å². The van der Waals surface area contributed by atoms with E-state index in [2.05, 4.69) is 10.4 Å². The monoisotopic (exact) mass is 327 g/mol. The maximum atomic E-state index is 12.2. The quantitative estimate of drug-likeness (QED) is 0.846. The Morgan fingerprint density at radius 3 is 2.86 bits per heavy atom. The van der Waals surface area contributed by atoms with Gasteiger partial charge in [0.25, 0.3) is 5.91 Å². The number of carbonyl (C=O) groups is 2. The summed E-state index contributed by atoms with van der Waals surface area (Å²) in [6, 6.07) is 0.917. The fraction of sp³-hybridized carbons (Fsp3) is 0.462. The number of aryl methyl sites for hydroxylation is 2. The lowest BCUT2D eigenvalue weighted by molar-refractivity contribution is -0.139. The molecule has 0 saturated heterocycles. The van der Waals surface area contributed by atoms with Gasteiger partial charge in [-0.25, -0.2) is 4.79 Å². The van der Waals surface area contributed by atoms with Crippen molar-refractivity contribution in [3.05, 3.63) is 16.6 Å². The molecule has 2 N–H and O–H groups in total. The predicted molar refractivity (Wildman–Crippen MR) is 85.2 cm³/mol. The van der Waals surface area contributed by atoms with Crippen LogP contribution in [0, 0.1) is 6.92 Å². The molecule has 2 aromatic heterocycles. The van der Waals surface area contributed by atoms with Crippen LogP contribution in [0.2, 0.25) is 0 Å². The molecule has 0 bridgehead atoms. The van der Waals surface area contributed by atoms with Gasteiger partial charge in [0, 0.05) is 12.4 Å². The van der Waals surface area contributed by atoms with Crippen molar-refractivity contribution in [2.45, 2.75) is 19.4 Å². The zero-order valence-electron chi connectivity index (χ0n) is 12.0. The summed E-state index contributed by atoms with van der Waals surface area (Å²) < 4.78 is 1.73. The zero-order chi connectivity index (χ0) is 15.6. The van der Waals surface area contributed by atoms with Crippen LogP contribution in [-0.2, 0) is 11.8 Å². The molecule has 0 spiro atoms. The lowest BCUT2D eigenvalue weighted by atomic mass is 10.2. The van der Waals surface area contributed by atoms with E-state index in [0.29, 0.717) is 17.1 Å². The highest BCUT2D eigenvalue weighted by molar-refractivity contribution is 7.98. The van der Waals surface area contributed by atoms with Crippen LogP contribution in [0.4, 0.5) is 0 Å². The first-order valence-corrected chi connectivity index (χ1v) is 8.60. The van der Waals surface area contributed by atoms with E-state index in [0.717, 1.165) is 15.9 Å². The number of amides is 1. The minimum Gasteiger partial charge on any atom is -0.480 e. The number of rotatable bonds is 6. The van der Waals surface area contributed by atoms with Crippen molar-refractivity contribution in [1.82, 2.24) is 15.1 Å². The first-order chi connectivity index (χ1) is 9.93. The molecule has 1 atom stereocenters. The molecule has 1 amide bonds. The second-order valence-corrected chi connectivity index (χ2v) is 6.70.